The van der Waals surface area contributed by atoms with Crippen LogP contribution in [0.15, 0.2) is 40.9 Å². The number of benzene rings is 2. The van der Waals surface area contributed by atoms with Gasteiger partial charge in [0.1, 0.15) is 5.82 Å². The lowest BCUT2D eigenvalue weighted by Crippen LogP contribution is -2.28. The third-order valence-corrected chi connectivity index (χ3v) is 3.75. The molecule has 0 bridgehead atoms. The van der Waals surface area contributed by atoms with Crippen molar-refractivity contribution < 1.29 is 18.7 Å². The molecule has 0 heterocycles. The first kappa shape index (κ1) is 18.7. The van der Waals surface area contributed by atoms with Crippen LogP contribution in [0.1, 0.15) is 18.1 Å². The van der Waals surface area contributed by atoms with E-state index in [0.717, 1.165) is 0 Å². The van der Waals surface area contributed by atoms with Crippen molar-refractivity contribution in [3.05, 3.63) is 57.8 Å². The van der Waals surface area contributed by atoms with E-state index in [0.29, 0.717) is 33.7 Å². The highest BCUT2D eigenvalue weighted by Gasteiger charge is 2.14. The molecule has 0 saturated carbocycles. The van der Waals surface area contributed by atoms with Crippen molar-refractivity contribution in [3.63, 3.8) is 0 Å². The van der Waals surface area contributed by atoms with Gasteiger partial charge < -0.3 is 14.8 Å². The number of amides is 1. The van der Waals surface area contributed by atoms with Crippen LogP contribution in [0.2, 0.25) is 0 Å². The summed E-state index contributed by atoms with van der Waals surface area (Å²) in [5.74, 6) is 0.0157. The van der Waals surface area contributed by atoms with E-state index < -0.39 is 0 Å². The number of halogens is 2. The van der Waals surface area contributed by atoms with Crippen molar-refractivity contribution in [1.82, 2.24) is 5.32 Å². The minimum Gasteiger partial charge on any atom is -0.490 e. The fourth-order valence-electron chi connectivity index (χ4n) is 2.07. The molecular formula is C18H16BrFN2O3. The molecule has 1 N–H and O–H groups in total. The van der Waals surface area contributed by atoms with E-state index in [9.17, 15) is 9.18 Å². The number of hydrogen-bond donors (Lipinski definition) is 1. The van der Waals surface area contributed by atoms with Gasteiger partial charge in [0.25, 0.3) is 5.91 Å². The van der Waals surface area contributed by atoms with Gasteiger partial charge in [0, 0.05) is 12.6 Å². The van der Waals surface area contributed by atoms with Gasteiger partial charge in [-0.1, -0.05) is 12.1 Å². The molecule has 0 fully saturated rings. The number of rotatable bonds is 7. The van der Waals surface area contributed by atoms with Gasteiger partial charge in [-0.3, -0.25) is 4.79 Å². The van der Waals surface area contributed by atoms with Crippen LogP contribution in [0.4, 0.5) is 4.39 Å². The largest absolute Gasteiger partial charge is 0.490 e. The van der Waals surface area contributed by atoms with E-state index in [1.807, 2.05) is 13.0 Å². The molecule has 130 valence electrons. The molecule has 2 aromatic carbocycles. The van der Waals surface area contributed by atoms with Gasteiger partial charge in [-0.2, -0.15) is 5.26 Å². The smallest absolute Gasteiger partial charge is 0.258 e. The lowest BCUT2D eigenvalue weighted by atomic mass is 10.2. The van der Waals surface area contributed by atoms with Gasteiger partial charge in [-0.05, 0) is 46.6 Å². The predicted octanol–water partition coefficient (Wildman–Crippen LogP) is 3.55. The minimum absolute atomic E-state index is 0.201. The Kier molecular flexibility index (Phi) is 6.78. The zero-order chi connectivity index (χ0) is 18.2. The maximum Gasteiger partial charge on any atom is 0.258 e. The maximum absolute atomic E-state index is 13.1. The van der Waals surface area contributed by atoms with Crippen LogP contribution < -0.4 is 14.8 Å². The summed E-state index contributed by atoms with van der Waals surface area (Å²) in [6.07, 6.45) is 0. The summed E-state index contributed by atoms with van der Waals surface area (Å²) in [4.78, 5) is 11.9. The van der Waals surface area contributed by atoms with Crippen molar-refractivity contribution >= 4 is 21.8 Å². The number of nitrogens with zero attached hydrogens (tertiary/aromatic N) is 1. The van der Waals surface area contributed by atoms with Gasteiger partial charge in [-0.25, -0.2) is 4.39 Å². The van der Waals surface area contributed by atoms with Gasteiger partial charge in [-0.15, -0.1) is 0 Å². The molecule has 0 spiro atoms. The molecule has 0 radical (unpaired) electrons. The molecule has 0 aliphatic rings. The third-order valence-electron chi connectivity index (χ3n) is 3.16. The van der Waals surface area contributed by atoms with E-state index >= 15 is 0 Å². The second-order valence-corrected chi connectivity index (χ2v) is 5.88. The first-order valence-corrected chi connectivity index (χ1v) is 8.33. The third kappa shape index (κ3) is 5.47. The minimum atomic E-state index is -0.358. The summed E-state index contributed by atoms with van der Waals surface area (Å²) < 4.78 is 24.6. The van der Waals surface area contributed by atoms with Crippen LogP contribution in [0.3, 0.4) is 0 Å². The van der Waals surface area contributed by atoms with Gasteiger partial charge in [0.2, 0.25) is 0 Å². The van der Waals surface area contributed by atoms with Crippen LogP contribution in [-0.4, -0.2) is 19.1 Å². The van der Waals surface area contributed by atoms with Crippen LogP contribution >= 0.6 is 15.9 Å². The molecule has 7 heteroatoms. The average Bonchev–Trinajstić information content (AvgIpc) is 2.59. The Morgan fingerprint density at radius 3 is 2.80 bits per heavy atom. The van der Waals surface area contributed by atoms with Crippen molar-refractivity contribution in [2.45, 2.75) is 13.5 Å². The zero-order valence-corrected chi connectivity index (χ0v) is 15.1. The SMILES string of the molecule is CCOc1cc(C#N)cc(Br)c1OCC(=O)NCc1cccc(F)c1. The Balaban J connectivity index is 1.98. The number of ether oxygens (including phenoxy) is 2. The standard InChI is InChI=1S/C18H16BrFN2O3/c1-2-24-16-8-13(9-21)7-15(19)18(16)25-11-17(23)22-10-12-4-3-5-14(20)6-12/h3-8H,2,10-11H2,1H3,(H,22,23). The summed E-state index contributed by atoms with van der Waals surface area (Å²) in [6.45, 7) is 2.17. The number of hydrogen-bond acceptors (Lipinski definition) is 4. The number of carbonyl (C=O) groups is 1. The molecule has 0 saturated heterocycles. The average molecular weight is 407 g/mol. The normalized spacial score (nSPS) is 10.0. The van der Waals surface area contributed by atoms with Crippen molar-refractivity contribution in [2.75, 3.05) is 13.2 Å². The molecule has 1 amide bonds. The molecule has 0 aromatic heterocycles. The van der Waals surface area contributed by atoms with E-state index in [2.05, 4.69) is 21.2 Å². The molecular weight excluding hydrogens is 391 g/mol. The summed E-state index contributed by atoms with van der Waals surface area (Å²) in [5, 5.41) is 11.7. The Labute approximate surface area is 153 Å². The van der Waals surface area contributed by atoms with Crippen molar-refractivity contribution in [2.24, 2.45) is 0 Å². The first-order valence-electron chi connectivity index (χ1n) is 7.54. The Morgan fingerprint density at radius 1 is 1.32 bits per heavy atom. The monoisotopic (exact) mass is 406 g/mol. The lowest BCUT2D eigenvalue weighted by molar-refractivity contribution is -0.123. The zero-order valence-electron chi connectivity index (χ0n) is 13.5. The molecule has 5 nitrogen and oxygen atoms in total. The molecule has 0 aliphatic heterocycles. The van der Waals surface area contributed by atoms with Crippen LogP contribution in [0.25, 0.3) is 0 Å². The molecule has 0 aliphatic carbocycles. The Hall–Kier alpha value is -2.59. The van der Waals surface area contributed by atoms with Crippen molar-refractivity contribution in [1.29, 1.82) is 5.26 Å². The fourth-order valence-corrected chi connectivity index (χ4v) is 2.63. The van der Waals surface area contributed by atoms with Crippen LogP contribution in [0, 0.1) is 17.1 Å². The van der Waals surface area contributed by atoms with Crippen LogP contribution in [-0.2, 0) is 11.3 Å². The Bertz CT molecular complexity index is 805. The molecule has 2 rings (SSSR count). The topological polar surface area (TPSA) is 71.3 Å². The van der Waals surface area contributed by atoms with Gasteiger partial charge >= 0.3 is 0 Å². The van der Waals surface area contributed by atoms with Gasteiger partial charge in [0.05, 0.1) is 22.7 Å². The molecule has 2 aromatic rings. The van der Waals surface area contributed by atoms with Crippen LogP contribution in [0.5, 0.6) is 11.5 Å². The van der Waals surface area contributed by atoms with E-state index in [1.54, 1.807) is 24.3 Å². The second-order valence-electron chi connectivity index (χ2n) is 5.03. The summed E-state index contributed by atoms with van der Waals surface area (Å²) in [5.41, 5.74) is 1.07. The predicted molar refractivity (Wildman–Crippen MR) is 93.8 cm³/mol. The van der Waals surface area contributed by atoms with Gasteiger partial charge in [0.15, 0.2) is 18.1 Å². The maximum atomic E-state index is 13.1. The first-order chi connectivity index (χ1) is 12.0. The summed E-state index contributed by atoms with van der Waals surface area (Å²) >= 11 is 3.31. The molecule has 0 unspecified atom stereocenters. The van der Waals surface area contributed by atoms with E-state index in [4.69, 9.17) is 14.7 Å². The van der Waals surface area contributed by atoms with Crippen molar-refractivity contribution in [3.8, 4) is 17.6 Å². The molecule has 25 heavy (non-hydrogen) atoms. The lowest BCUT2D eigenvalue weighted by Gasteiger charge is -2.14. The quantitative estimate of drug-likeness (QED) is 0.762. The highest BCUT2D eigenvalue weighted by atomic mass is 79.9. The summed E-state index contributed by atoms with van der Waals surface area (Å²) in [7, 11) is 0. The Morgan fingerprint density at radius 2 is 2.12 bits per heavy atom. The highest BCUT2D eigenvalue weighted by Crippen LogP contribution is 2.36. The second kappa shape index (κ2) is 9.04. The summed E-state index contributed by atoms with van der Waals surface area (Å²) in [6, 6.07) is 11.1. The number of nitrogens with one attached hydrogen (secondary N) is 1. The highest BCUT2D eigenvalue weighted by molar-refractivity contribution is 9.10. The number of carbonyl (C=O) groups excluding carboxylic acids is 1. The molecule has 0 atom stereocenters. The fraction of sp³-hybridized carbons (Fsp3) is 0.222. The van der Waals surface area contributed by atoms with E-state index in [1.165, 1.54) is 12.1 Å². The van der Waals surface area contributed by atoms with E-state index in [-0.39, 0.29) is 24.9 Å². The number of nitriles is 1.